The van der Waals surface area contributed by atoms with Crippen molar-refractivity contribution in [1.82, 2.24) is 10.2 Å². The van der Waals surface area contributed by atoms with Crippen LogP contribution in [0.15, 0.2) is 53.4 Å². The maximum absolute atomic E-state index is 11.9. The number of phenolic OH excluding ortho intramolecular Hbond substituents is 1. The molecule has 2 aromatic carbocycles. The number of anilines is 1. The number of H-pyrrole nitrogens is 1. The van der Waals surface area contributed by atoms with Crippen molar-refractivity contribution < 1.29 is 18.3 Å². The van der Waals surface area contributed by atoms with E-state index in [1.54, 1.807) is 36.4 Å². The first kappa shape index (κ1) is 19.4. The first-order chi connectivity index (χ1) is 13.2. The monoisotopic (exact) mass is 401 g/mol. The van der Waals surface area contributed by atoms with Gasteiger partial charge in [-0.15, -0.1) is 0 Å². The Morgan fingerprint density at radius 1 is 1.07 bits per heavy atom. The predicted octanol–water partition coefficient (Wildman–Crippen LogP) is 1.06. The number of hydrogen-bond acceptors (Lipinski definition) is 6. The van der Waals surface area contributed by atoms with E-state index in [0.29, 0.717) is 24.5 Å². The van der Waals surface area contributed by atoms with E-state index in [0.717, 1.165) is 11.1 Å². The minimum absolute atomic E-state index is 0.00670. The molecule has 1 aromatic heterocycles. The SMILES string of the molecule is NC(=O)c1c(NCc2ccc(O)cc2)n[nH]c1Cc1ccc(S(N)(=O)=O)cc1. The highest BCUT2D eigenvalue weighted by molar-refractivity contribution is 7.89. The second-order valence-corrected chi connectivity index (χ2v) is 7.74. The zero-order valence-corrected chi connectivity index (χ0v) is 15.5. The largest absolute Gasteiger partial charge is 0.508 e. The number of aromatic amines is 1. The Morgan fingerprint density at radius 3 is 2.25 bits per heavy atom. The Balaban J connectivity index is 1.78. The summed E-state index contributed by atoms with van der Waals surface area (Å²) in [6.07, 6.45) is 0.303. The van der Waals surface area contributed by atoms with Crippen molar-refractivity contribution in [3.8, 4) is 5.75 Å². The Labute approximate surface area is 161 Å². The average Bonchev–Trinajstić information content (AvgIpc) is 3.04. The molecule has 146 valence electrons. The van der Waals surface area contributed by atoms with Crippen LogP contribution in [-0.2, 0) is 23.0 Å². The summed E-state index contributed by atoms with van der Waals surface area (Å²) in [6, 6.07) is 12.6. The summed E-state index contributed by atoms with van der Waals surface area (Å²) in [4.78, 5) is 11.9. The van der Waals surface area contributed by atoms with Crippen LogP contribution in [0.5, 0.6) is 5.75 Å². The summed E-state index contributed by atoms with van der Waals surface area (Å²) in [5.74, 6) is -0.160. The first-order valence-electron chi connectivity index (χ1n) is 8.24. The predicted molar refractivity (Wildman–Crippen MR) is 103 cm³/mol. The third-order valence-corrected chi connectivity index (χ3v) is 5.05. The normalized spacial score (nSPS) is 11.3. The van der Waals surface area contributed by atoms with E-state index in [9.17, 15) is 18.3 Å². The molecule has 0 aliphatic carbocycles. The van der Waals surface area contributed by atoms with Gasteiger partial charge in [0.05, 0.1) is 10.6 Å². The number of rotatable bonds is 7. The second-order valence-electron chi connectivity index (χ2n) is 6.18. The van der Waals surface area contributed by atoms with Gasteiger partial charge in [-0.05, 0) is 35.4 Å². The van der Waals surface area contributed by atoms with Crippen molar-refractivity contribution in [3.63, 3.8) is 0 Å². The molecule has 1 amide bonds. The zero-order valence-electron chi connectivity index (χ0n) is 14.7. The van der Waals surface area contributed by atoms with E-state index in [4.69, 9.17) is 10.9 Å². The number of nitrogens with zero attached hydrogens (tertiary/aromatic N) is 1. The molecule has 0 saturated carbocycles. The van der Waals surface area contributed by atoms with Gasteiger partial charge in [0.15, 0.2) is 5.82 Å². The van der Waals surface area contributed by atoms with Crippen molar-refractivity contribution in [2.45, 2.75) is 17.9 Å². The minimum atomic E-state index is -3.77. The molecule has 10 heteroatoms. The highest BCUT2D eigenvalue weighted by Crippen LogP contribution is 2.21. The Bertz CT molecular complexity index is 1090. The fourth-order valence-corrected chi connectivity index (χ4v) is 3.22. The summed E-state index contributed by atoms with van der Waals surface area (Å²) in [7, 11) is -3.77. The molecule has 0 bridgehead atoms. The van der Waals surface area contributed by atoms with Crippen LogP contribution in [0.3, 0.4) is 0 Å². The van der Waals surface area contributed by atoms with Gasteiger partial charge in [0.1, 0.15) is 11.3 Å². The molecule has 7 N–H and O–H groups in total. The molecule has 9 nitrogen and oxygen atoms in total. The molecular formula is C18H19N5O4S. The lowest BCUT2D eigenvalue weighted by Crippen LogP contribution is -2.15. The zero-order chi connectivity index (χ0) is 20.3. The number of aromatic hydroxyl groups is 1. The van der Waals surface area contributed by atoms with Crippen molar-refractivity contribution >= 4 is 21.7 Å². The van der Waals surface area contributed by atoms with Crippen LogP contribution in [0.2, 0.25) is 0 Å². The number of sulfonamides is 1. The van der Waals surface area contributed by atoms with Gasteiger partial charge in [-0.25, -0.2) is 13.6 Å². The molecule has 0 atom stereocenters. The molecule has 3 aromatic rings. The van der Waals surface area contributed by atoms with Crippen LogP contribution in [0.1, 0.15) is 27.2 Å². The van der Waals surface area contributed by atoms with Crippen LogP contribution in [0, 0.1) is 0 Å². The smallest absolute Gasteiger partial charge is 0.254 e. The van der Waals surface area contributed by atoms with Crippen LogP contribution in [0.4, 0.5) is 5.82 Å². The fourth-order valence-electron chi connectivity index (χ4n) is 2.70. The maximum atomic E-state index is 11.9. The fraction of sp³-hybridized carbons (Fsp3) is 0.111. The molecule has 0 spiro atoms. The molecule has 28 heavy (non-hydrogen) atoms. The number of hydrogen-bond donors (Lipinski definition) is 5. The van der Waals surface area contributed by atoms with Gasteiger partial charge in [0, 0.05) is 13.0 Å². The minimum Gasteiger partial charge on any atom is -0.508 e. The van der Waals surface area contributed by atoms with E-state index < -0.39 is 15.9 Å². The third-order valence-electron chi connectivity index (χ3n) is 4.12. The van der Waals surface area contributed by atoms with E-state index in [-0.39, 0.29) is 16.2 Å². The Morgan fingerprint density at radius 2 is 1.68 bits per heavy atom. The summed E-state index contributed by atoms with van der Waals surface area (Å²) in [6.45, 7) is 0.383. The molecule has 0 aliphatic heterocycles. The third kappa shape index (κ3) is 4.48. The Hall–Kier alpha value is -3.37. The van der Waals surface area contributed by atoms with E-state index >= 15 is 0 Å². The standard InChI is InChI=1S/C18H19N5O4S/c19-17(25)16-15(9-11-3-7-14(8-4-11)28(20,26)27)22-23-18(16)21-10-12-1-5-13(24)6-2-12/h1-8,24H,9-10H2,(H2,19,25)(H2,20,26,27)(H2,21,22,23). The van der Waals surface area contributed by atoms with E-state index in [1.807, 2.05) is 0 Å². The number of aromatic nitrogens is 2. The Kier molecular flexibility index (Phi) is 5.34. The first-order valence-corrected chi connectivity index (χ1v) is 9.79. The number of carbonyl (C=O) groups is 1. The number of primary amides is 1. The molecule has 0 aliphatic rings. The summed E-state index contributed by atoms with van der Waals surface area (Å²) < 4.78 is 22.7. The topological polar surface area (TPSA) is 164 Å². The molecular weight excluding hydrogens is 382 g/mol. The van der Waals surface area contributed by atoms with Gasteiger partial charge in [-0.2, -0.15) is 5.10 Å². The molecule has 1 heterocycles. The lowest BCUT2D eigenvalue weighted by Gasteiger charge is -2.06. The lowest BCUT2D eigenvalue weighted by atomic mass is 10.1. The summed E-state index contributed by atoms with van der Waals surface area (Å²) in [5.41, 5.74) is 7.89. The van der Waals surface area contributed by atoms with Crippen molar-refractivity contribution in [1.29, 1.82) is 0 Å². The van der Waals surface area contributed by atoms with Gasteiger partial charge in [-0.3, -0.25) is 9.89 Å². The molecule has 0 unspecified atom stereocenters. The number of primary sulfonamides is 1. The highest BCUT2D eigenvalue weighted by Gasteiger charge is 2.18. The number of benzene rings is 2. The van der Waals surface area contributed by atoms with Gasteiger partial charge in [-0.1, -0.05) is 24.3 Å². The average molecular weight is 401 g/mol. The summed E-state index contributed by atoms with van der Waals surface area (Å²) in [5, 5.41) is 24.4. The highest BCUT2D eigenvalue weighted by atomic mass is 32.2. The van der Waals surface area contributed by atoms with Crippen LogP contribution < -0.4 is 16.2 Å². The number of amides is 1. The summed E-state index contributed by atoms with van der Waals surface area (Å²) >= 11 is 0. The van der Waals surface area contributed by atoms with Gasteiger partial charge in [0.2, 0.25) is 10.0 Å². The van der Waals surface area contributed by atoms with Gasteiger partial charge >= 0.3 is 0 Å². The van der Waals surface area contributed by atoms with E-state index in [2.05, 4.69) is 15.5 Å². The van der Waals surface area contributed by atoms with Crippen molar-refractivity contribution in [2.75, 3.05) is 5.32 Å². The molecule has 0 radical (unpaired) electrons. The molecule has 3 rings (SSSR count). The number of phenols is 1. The number of nitrogens with two attached hydrogens (primary N) is 2. The van der Waals surface area contributed by atoms with Crippen molar-refractivity contribution in [3.05, 3.63) is 70.9 Å². The second kappa shape index (κ2) is 7.71. The van der Waals surface area contributed by atoms with Crippen LogP contribution >= 0.6 is 0 Å². The number of nitrogens with one attached hydrogen (secondary N) is 2. The van der Waals surface area contributed by atoms with E-state index in [1.165, 1.54) is 12.1 Å². The van der Waals surface area contributed by atoms with Crippen molar-refractivity contribution in [2.24, 2.45) is 10.9 Å². The van der Waals surface area contributed by atoms with Crippen LogP contribution in [-0.4, -0.2) is 29.6 Å². The lowest BCUT2D eigenvalue weighted by molar-refractivity contribution is 0.100. The van der Waals surface area contributed by atoms with Crippen LogP contribution in [0.25, 0.3) is 0 Å². The number of carbonyl (C=O) groups excluding carboxylic acids is 1. The maximum Gasteiger partial charge on any atom is 0.254 e. The molecule has 0 fully saturated rings. The molecule has 0 saturated heterocycles. The van der Waals surface area contributed by atoms with Gasteiger partial charge in [0.25, 0.3) is 5.91 Å². The van der Waals surface area contributed by atoms with Gasteiger partial charge < -0.3 is 16.2 Å². The quantitative estimate of drug-likeness (QED) is 0.397.